The predicted molar refractivity (Wildman–Crippen MR) is 59.8 cm³/mol. The van der Waals surface area contributed by atoms with E-state index in [2.05, 4.69) is 39.8 Å². The van der Waals surface area contributed by atoms with Crippen LogP contribution in [0.1, 0.15) is 33.6 Å². The molecule has 0 aromatic rings. The van der Waals surface area contributed by atoms with Crippen LogP contribution in [0.25, 0.3) is 0 Å². The van der Waals surface area contributed by atoms with Crippen LogP contribution in [0.3, 0.4) is 0 Å². The molecule has 2 atom stereocenters. The maximum absolute atomic E-state index is 5.82. The van der Waals surface area contributed by atoms with E-state index in [1.807, 2.05) is 0 Å². The summed E-state index contributed by atoms with van der Waals surface area (Å²) in [5.74, 6) is 1.32. The van der Waals surface area contributed by atoms with Crippen LogP contribution in [0.2, 0.25) is 0 Å². The van der Waals surface area contributed by atoms with Gasteiger partial charge in [0.05, 0.1) is 0 Å². The van der Waals surface area contributed by atoms with Crippen LogP contribution in [0.4, 0.5) is 0 Å². The van der Waals surface area contributed by atoms with Crippen molar-refractivity contribution in [3.05, 3.63) is 0 Å². The van der Waals surface area contributed by atoms with E-state index >= 15 is 0 Å². The fourth-order valence-corrected chi connectivity index (χ4v) is 2.02. The molecule has 0 bridgehead atoms. The third-order valence-electron chi connectivity index (χ3n) is 2.87. The molecule has 0 aliphatic carbocycles. The normalized spacial score (nSPS) is 16.6. The average molecular weight is 186 g/mol. The lowest BCUT2D eigenvalue weighted by Crippen LogP contribution is -2.41. The molecule has 0 spiro atoms. The van der Waals surface area contributed by atoms with E-state index in [0.29, 0.717) is 17.9 Å². The van der Waals surface area contributed by atoms with E-state index < -0.39 is 0 Å². The monoisotopic (exact) mass is 186 g/mol. The largest absolute Gasteiger partial charge is 0.330 e. The van der Waals surface area contributed by atoms with Gasteiger partial charge >= 0.3 is 0 Å². The van der Waals surface area contributed by atoms with Gasteiger partial charge in [0.2, 0.25) is 0 Å². The molecule has 0 rings (SSSR count). The standard InChI is InChI=1S/C11H26N2/c1-6-7-11(13(4)5)10(8-12)9(2)3/h9-11H,6-8,12H2,1-5H3. The zero-order valence-electron chi connectivity index (χ0n) is 9.88. The highest BCUT2D eigenvalue weighted by molar-refractivity contribution is 4.78. The molecule has 0 heterocycles. The summed E-state index contributed by atoms with van der Waals surface area (Å²) in [5.41, 5.74) is 5.82. The molecule has 2 nitrogen and oxygen atoms in total. The van der Waals surface area contributed by atoms with E-state index in [9.17, 15) is 0 Å². The Morgan fingerprint density at radius 1 is 1.23 bits per heavy atom. The van der Waals surface area contributed by atoms with Crippen molar-refractivity contribution in [1.82, 2.24) is 4.90 Å². The molecule has 0 saturated heterocycles. The van der Waals surface area contributed by atoms with Gasteiger partial charge in [0.1, 0.15) is 0 Å². The lowest BCUT2D eigenvalue weighted by Gasteiger charge is -2.34. The summed E-state index contributed by atoms with van der Waals surface area (Å²) < 4.78 is 0. The van der Waals surface area contributed by atoms with Crippen LogP contribution in [0.5, 0.6) is 0 Å². The van der Waals surface area contributed by atoms with Gasteiger partial charge < -0.3 is 10.6 Å². The Bertz CT molecular complexity index is 121. The smallest absolute Gasteiger partial charge is 0.0132 e. The Labute approximate surface area is 83.5 Å². The van der Waals surface area contributed by atoms with Gasteiger partial charge in [0.25, 0.3) is 0 Å². The lowest BCUT2D eigenvalue weighted by atomic mass is 9.85. The predicted octanol–water partition coefficient (Wildman–Crippen LogP) is 1.95. The molecule has 0 radical (unpaired) electrons. The summed E-state index contributed by atoms with van der Waals surface area (Å²) in [6, 6.07) is 0.648. The van der Waals surface area contributed by atoms with Crippen molar-refractivity contribution in [2.45, 2.75) is 39.7 Å². The molecule has 0 aromatic carbocycles. The van der Waals surface area contributed by atoms with Gasteiger partial charge in [-0.3, -0.25) is 0 Å². The minimum atomic E-state index is 0.634. The van der Waals surface area contributed by atoms with E-state index in [4.69, 9.17) is 5.73 Å². The minimum absolute atomic E-state index is 0.634. The summed E-state index contributed by atoms with van der Waals surface area (Å²) in [4.78, 5) is 2.32. The molecule has 0 saturated carbocycles. The van der Waals surface area contributed by atoms with Crippen molar-refractivity contribution in [1.29, 1.82) is 0 Å². The summed E-state index contributed by atoms with van der Waals surface area (Å²) in [5, 5.41) is 0. The van der Waals surface area contributed by atoms with Crippen molar-refractivity contribution in [2.24, 2.45) is 17.6 Å². The van der Waals surface area contributed by atoms with E-state index in [1.54, 1.807) is 0 Å². The SMILES string of the molecule is CCCC(C(CN)C(C)C)N(C)C. The van der Waals surface area contributed by atoms with Gasteiger partial charge in [0, 0.05) is 6.04 Å². The third kappa shape index (κ3) is 4.10. The van der Waals surface area contributed by atoms with Crippen LogP contribution in [0, 0.1) is 11.8 Å². The van der Waals surface area contributed by atoms with Crippen LogP contribution in [0.15, 0.2) is 0 Å². The number of rotatable bonds is 6. The topological polar surface area (TPSA) is 29.3 Å². The van der Waals surface area contributed by atoms with Crippen LogP contribution in [-0.2, 0) is 0 Å². The molecule has 2 unspecified atom stereocenters. The van der Waals surface area contributed by atoms with Crippen LogP contribution < -0.4 is 5.73 Å². The highest BCUT2D eigenvalue weighted by Gasteiger charge is 2.23. The molecule has 0 aliphatic rings. The molecule has 2 N–H and O–H groups in total. The molecule has 80 valence electrons. The number of nitrogens with zero attached hydrogens (tertiary/aromatic N) is 1. The summed E-state index contributed by atoms with van der Waals surface area (Å²) in [6.07, 6.45) is 2.50. The minimum Gasteiger partial charge on any atom is -0.330 e. The van der Waals surface area contributed by atoms with Crippen molar-refractivity contribution in [3.63, 3.8) is 0 Å². The maximum Gasteiger partial charge on any atom is 0.0132 e. The molecular formula is C11H26N2. The van der Waals surface area contributed by atoms with Gasteiger partial charge in [-0.2, -0.15) is 0 Å². The number of hydrogen-bond donors (Lipinski definition) is 1. The molecule has 0 amide bonds. The van der Waals surface area contributed by atoms with Crippen LogP contribution >= 0.6 is 0 Å². The van der Waals surface area contributed by atoms with Gasteiger partial charge in [-0.25, -0.2) is 0 Å². The Balaban J connectivity index is 4.29. The molecule has 13 heavy (non-hydrogen) atoms. The molecule has 2 heteroatoms. The Morgan fingerprint density at radius 3 is 2.00 bits per heavy atom. The molecule has 0 aromatic heterocycles. The quantitative estimate of drug-likeness (QED) is 0.687. The fourth-order valence-electron chi connectivity index (χ4n) is 2.02. The highest BCUT2D eigenvalue weighted by atomic mass is 15.1. The first-order valence-corrected chi connectivity index (χ1v) is 5.41. The first-order valence-electron chi connectivity index (χ1n) is 5.41. The Morgan fingerprint density at radius 2 is 1.77 bits per heavy atom. The zero-order chi connectivity index (χ0) is 10.4. The number of hydrogen-bond acceptors (Lipinski definition) is 2. The second-order valence-corrected chi connectivity index (χ2v) is 4.46. The summed E-state index contributed by atoms with van der Waals surface area (Å²) in [6.45, 7) is 7.58. The fraction of sp³-hybridized carbons (Fsp3) is 1.00. The van der Waals surface area contributed by atoms with E-state index in [1.165, 1.54) is 12.8 Å². The van der Waals surface area contributed by atoms with E-state index in [0.717, 1.165) is 6.54 Å². The number of nitrogens with two attached hydrogens (primary N) is 1. The highest BCUT2D eigenvalue weighted by Crippen LogP contribution is 2.21. The first kappa shape index (κ1) is 12.9. The van der Waals surface area contributed by atoms with Gasteiger partial charge in [-0.05, 0) is 38.9 Å². The second-order valence-electron chi connectivity index (χ2n) is 4.46. The van der Waals surface area contributed by atoms with Crippen molar-refractivity contribution in [3.8, 4) is 0 Å². The lowest BCUT2D eigenvalue weighted by molar-refractivity contribution is 0.163. The zero-order valence-corrected chi connectivity index (χ0v) is 9.88. The molecule has 0 fully saturated rings. The second kappa shape index (κ2) is 6.39. The van der Waals surface area contributed by atoms with Crippen molar-refractivity contribution >= 4 is 0 Å². The molecular weight excluding hydrogens is 160 g/mol. The van der Waals surface area contributed by atoms with Crippen molar-refractivity contribution in [2.75, 3.05) is 20.6 Å². The van der Waals surface area contributed by atoms with Gasteiger partial charge in [-0.15, -0.1) is 0 Å². The van der Waals surface area contributed by atoms with Crippen molar-refractivity contribution < 1.29 is 0 Å². The van der Waals surface area contributed by atoms with Gasteiger partial charge in [-0.1, -0.05) is 27.2 Å². The third-order valence-corrected chi connectivity index (χ3v) is 2.87. The van der Waals surface area contributed by atoms with Crippen LogP contribution in [-0.4, -0.2) is 31.6 Å². The van der Waals surface area contributed by atoms with Gasteiger partial charge in [0.15, 0.2) is 0 Å². The summed E-state index contributed by atoms with van der Waals surface area (Å²) in [7, 11) is 4.32. The van der Waals surface area contributed by atoms with E-state index in [-0.39, 0.29) is 0 Å². The molecule has 0 aliphatic heterocycles. The maximum atomic E-state index is 5.82. The summed E-state index contributed by atoms with van der Waals surface area (Å²) >= 11 is 0. The average Bonchev–Trinajstić information content (AvgIpc) is 2.03. The Kier molecular flexibility index (Phi) is 6.35. The Hall–Kier alpha value is -0.0800. The first-order chi connectivity index (χ1) is 6.04.